The Balaban J connectivity index is 1.74. The molecular weight excluding hydrogens is 338 g/mol. The van der Waals surface area contributed by atoms with Gasteiger partial charge in [0, 0.05) is 12.0 Å². The van der Waals surface area contributed by atoms with Crippen molar-refractivity contribution in [3.63, 3.8) is 0 Å². The molecule has 0 saturated carbocycles. The van der Waals surface area contributed by atoms with Gasteiger partial charge in [-0.25, -0.2) is 0 Å². The minimum Gasteiger partial charge on any atom is -0.487 e. The van der Waals surface area contributed by atoms with E-state index in [0.29, 0.717) is 28.4 Å². The number of hydrogen-bond acceptors (Lipinski definition) is 6. The van der Waals surface area contributed by atoms with E-state index in [1.54, 1.807) is 18.2 Å². The van der Waals surface area contributed by atoms with Gasteiger partial charge in [0.25, 0.3) is 5.91 Å². The molecule has 1 aliphatic rings. The molecule has 1 N–H and O–H groups in total. The number of unbranched alkanes of at least 4 members (excludes halogenated alkanes) is 1. The lowest BCUT2D eigenvalue weighted by atomic mass is 9.92. The highest BCUT2D eigenvalue weighted by molar-refractivity contribution is 7.15. The summed E-state index contributed by atoms with van der Waals surface area (Å²) in [6, 6.07) is 4.92. The van der Waals surface area contributed by atoms with Crippen LogP contribution in [0.2, 0.25) is 0 Å². The second-order valence-corrected chi connectivity index (χ2v) is 7.79. The summed E-state index contributed by atoms with van der Waals surface area (Å²) in [5.74, 6) is 0.202. The average molecular weight is 359 g/mol. The molecule has 0 aliphatic carbocycles. The minimum atomic E-state index is -0.519. The van der Waals surface area contributed by atoms with Crippen LogP contribution in [-0.2, 0) is 6.42 Å². The van der Waals surface area contributed by atoms with Crippen LogP contribution >= 0.6 is 11.3 Å². The first kappa shape index (κ1) is 17.5. The number of ether oxygens (including phenoxy) is 1. The van der Waals surface area contributed by atoms with Gasteiger partial charge < -0.3 is 4.74 Å². The average Bonchev–Trinajstić information content (AvgIpc) is 2.99. The van der Waals surface area contributed by atoms with Gasteiger partial charge in [0.2, 0.25) is 5.13 Å². The number of hydrogen-bond donors (Lipinski definition) is 1. The number of ketones is 1. The zero-order valence-corrected chi connectivity index (χ0v) is 15.4. The standard InChI is InChI=1S/C18H21N3O3S/c1-4-5-6-15-20-21-17(25-15)19-16(23)11-7-8-14-12(9-11)13(22)10-18(2,3)24-14/h7-9H,4-6,10H2,1-3H3,(H,19,21,23). The highest BCUT2D eigenvalue weighted by Crippen LogP contribution is 2.33. The van der Waals surface area contributed by atoms with E-state index in [9.17, 15) is 9.59 Å². The molecule has 132 valence electrons. The molecule has 1 amide bonds. The Labute approximate surface area is 150 Å². The summed E-state index contributed by atoms with van der Waals surface area (Å²) < 4.78 is 5.81. The quantitative estimate of drug-likeness (QED) is 0.876. The maximum absolute atomic E-state index is 12.4. The second kappa shape index (κ2) is 6.92. The third-order valence-corrected chi connectivity index (χ3v) is 4.84. The summed E-state index contributed by atoms with van der Waals surface area (Å²) in [5.41, 5.74) is 0.337. The molecule has 0 fully saturated rings. The molecule has 2 heterocycles. The van der Waals surface area contributed by atoms with Gasteiger partial charge in [0.15, 0.2) is 5.78 Å². The molecule has 7 heteroatoms. The molecule has 6 nitrogen and oxygen atoms in total. The molecule has 3 rings (SSSR count). The van der Waals surface area contributed by atoms with Crippen molar-refractivity contribution < 1.29 is 14.3 Å². The van der Waals surface area contributed by atoms with E-state index >= 15 is 0 Å². The third kappa shape index (κ3) is 4.04. The molecule has 1 aromatic carbocycles. The van der Waals surface area contributed by atoms with Gasteiger partial charge in [-0.15, -0.1) is 10.2 Å². The zero-order valence-electron chi connectivity index (χ0n) is 14.6. The summed E-state index contributed by atoms with van der Waals surface area (Å²) >= 11 is 1.38. The van der Waals surface area contributed by atoms with Crippen LogP contribution in [0.5, 0.6) is 5.75 Å². The summed E-state index contributed by atoms with van der Waals surface area (Å²) in [6.45, 7) is 5.87. The van der Waals surface area contributed by atoms with Crippen LogP contribution in [0.1, 0.15) is 65.8 Å². The van der Waals surface area contributed by atoms with Crippen molar-refractivity contribution in [2.45, 2.75) is 52.1 Å². The summed E-state index contributed by atoms with van der Waals surface area (Å²) in [7, 11) is 0. The Bertz CT molecular complexity index is 814. The summed E-state index contributed by atoms with van der Waals surface area (Å²) in [4.78, 5) is 24.7. The topological polar surface area (TPSA) is 81.2 Å². The molecule has 2 aromatic rings. The van der Waals surface area contributed by atoms with Gasteiger partial charge in [-0.2, -0.15) is 0 Å². The lowest BCUT2D eigenvalue weighted by Gasteiger charge is -2.31. The Morgan fingerprint density at radius 2 is 2.16 bits per heavy atom. The number of fused-ring (bicyclic) bond motifs is 1. The van der Waals surface area contributed by atoms with Crippen LogP contribution in [0, 0.1) is 0 Å². The van der Waals surface area contributed by atoms with Crippen LogP contribution < -0.4 is 10.1 Å². The lowest BCUT2D eigenvalue weighted by Crippen LogP contribution is -2.36. The molecule has 0 unspecified atom stereocenters. The predicted octanol–water partition coefficient (Wildman–Crippen LogP) is 3.88. The number of Topliss-reactive ketones (excluding diaryl/α,β-unsaturated/α-hetero) is 1. The Hall–Kier alpha value is -2.28. The number of anilines is 1. The van der Waals surface area contributed by atoms with Crippen molar-refractivity contribution in [2.24, 2.45) is 0 Å². The second-order valence-electron chi connectivity index (χ2n) is 6.73. The summed E-state index contributed by atoms with van der Waals surface area (Å²) in [6.07, 6.45) is 3.29. The number of amides is 1. The van der Waals surface area contributed by atoms with Crippen LogP contribution in [-0.4, -0.2) is 27.5 Å². The first-order valence-electron chi connectivity index (χ1n) is 8.38. The maximum atomic E-state index is 12.4. The number of aromatic nitrogens is 2. The van der Waals surface area contributed by atoms with E-state index in [2.05, 4.69) is 22.4 Å². The van der Waals surface area contributed by atoms with Crippen molar-refractivity contribution in [3.05, 3.63) is 34.3 Å². The number of benzene rings is 1. The van der Waals surface area contributed by atoms with Crippen LogP contribution in [0.3, 0.4) is 0 Å². The Morgan fingerprint density at radius 3 is 2.92 bits per heavy atom. The first-order valence-corrected chi connectivity index (χ1v) is 9.19. The molecule has 0 radical (unpaired) electrons. The number of nitrogens with one attached hydrogen (secondary N) is 1. The Morgan fingerprint density at radius 1 is 1.36 bits per heavy atom. The maximum Gasteiger partial charge on any atom is 0.257 e. The van der Waals surface area contributed by atoms with Gasteiger partial charge in [-0.05, 0) is 38.5 Å². The van der Waals surface area contributed by atoms with Gasteiger partial charge in [0.1, 0.15) is 16.4 Å². The van der Waals surface area contributed by atoms with E-state index in [1.807, 2.05) is 13.8 Å². The molecule has 0 spiro atoms. The highest BCUT2D eigenvalue weighted by Gasteiger charge is 2.32. The van der Waals surface area contributed by atoms with E-state index in [4.69, 9.17) is 4.74 Å². The fourth-order valence-electron chi connectivity index (χ4n) is 2.70. The Kier molecular flexibility index (Phi) is 4.85. The number of rotatable bonds is 5. The molecule has 0 bridgehead atoms. The first-order chi connectivity index (χ1) is 11.9. The molecule has 25 heavy (non-hydrogen) atoms. The van der Waals surface area contributed by atoms with Crippen molar-refractivity contribution in [1.82, 2.24) is 10.2 Å². The fourth-order valence-corrected chi connectivity index (χ4v) is 3.47. The van der Waals surface area contributed by atoms with Crippen molar-refractivity contribution in [3.8, 4) is 5.75 Å². The SMILES string of the molecule is CCCCc1nnc(NC(=O)c2ccc3c(c2)C(=O)CC(C)(C)O3)s1. The molecule has 1 aliphatic heterocycles. The van der Waals surface area contributed by atoms with E-state index in [0.717, 1.165) is 24.3 Å². The smallest absolute Gasteiger partial charge is 0.257 e. The molecule has 0 saturated heterocycles. The molecule has 1 aromatic heterocycles. The van der Waals surface area contributed by atoms with Gasteiger partial charge >= 0.3 is 0 Å². The predicted molar refractivity (Wildman–Crippen MR) is 96.6 cm³/mol. The highest BCUT2D eigenvalue weighted by atomic mass is 32.1. The lowest BCUT2D eigenvalue weighted by molar-refractivity contribution is 0.0620. The van der Waals surface area contributed by atoms with Crippen molar-refractivity contribution in [2.75, 3.05) is 5.32 Å². The van der Waals surface area contributed by atoms with Gasteiger partial charge in [-0.1, -0.05) is 24.7 Å². The number of carbonyl (C=O) groups excluding carboxylic acids is 2. The summed E-state index contributed by atoms with van der Waals surface area (Å²) in [5, 5.41) is 12.2. The monoisotopic (exact) mass is 359 g/mol. The number of nitrogens with zero attached hydrogens (tertiary/aromatic N) is 2. The van der Waals surface area contributed by atoms with Crippen LogP contribution in [0.15, 0.2) is 18.2 Å². The molecule has 0 atom stereocenters. The zero-order chi connectivity index (χ0) is 18.0. The fraction of sp³-hybridized carbons (Fsp3) is 0.444. The van der Waals surface area contributed by atoms with Crippen LogP contribution in [0.25, 0.3) is 0 Å². The van der Waals surface area contributed by atoms with Crippen LogP contribution in [0.4, 0.5) is 5.13 Å². The van der Waals surface area contributed by atoms with Gasteiger partial charge in [-0.3, -0.25) is 14.9 Å². The number of aryl methyl sites for hydroxylation is 1. The minimum absolute atomic E-state index is 0.0151. The van der Waals surface area contributed by atoms with Crippen molar-refractivity contribution in [1.29, 1.82) is 0 Å². The number of carbonyl (C=O) groups is 2. The van der Waals surface area contributed by atoms with E-state index in [-0.39, 0.29) is 11.7 Å². The van der Waals surface area contributed by atoms with Gasteiger partial charge in [0.05, 0.1) is 12.0 Å². The molecular formula is C18H21N3O3S. The van der Waals surface area contributed by atoms with E-state index in [1.165, 1.54) is 11.3 Å². The van der Waals surface area contributed by atoms with Crippen molar-refractivity contribution >= 4 is 28.2 Å². The largest absolute Gasteiger partial charge is 0.487 e. The normalized spacial score (nSPS) is 15.4. The van der Waals surface area contributed by atoms with E-state index < -0.39 is 5.60 Å². The third-order valence-electron chi connectivity index (χ3n) is 3.95.